The van der Waals surface area contributed by atoms with E-state index in [1.807, 2.05) is 0 Å². The minimum absolute atomic E-state index is 0.0874. The minimum atomic E-state index is -0.464. The van der Waals surface area contributed by atoms with Crippen molar-refractivity contribution in [1.82, 2.24) is 10.3 Å². The average molecular weight is 252 g/mol. The van der Waals surface area contributed by atoms with E-state index < -0.39 is 5.82 Å². The predicted octanol–water partition coefficient (Wildman–Crippen LogP) is 1.50. The fraction of sp³-hybridized carbons (Fsp3) is 0.538. The van der Waals surface area contributed by atoms with Gasteiger partial charge >= 0.3 is 0 Å². The molecule has 0 bridgehead atoms. The highest BCUT2D eigenvalue weighted by atomic mass is 19.1. The molecule has 2 rings (SSSR count). The largest absolute Gasteiger partial charge is 0.396 e. The topological polar surface area (TPSA) is 62.2 Å². The molecule has 1 aliphatic rings. The summed E-state index contributed by atoms with van der Waals surface area (Å²) in [5.74, 6) is -0.788. The van der Waals surface area contributed by atoms with Crippen molar-refractivity contribution in [3.63, 3.8) is 0 Å². The molecule has 1 saturated carbocycles. The molecule has 1 fully saturated rings. The number of carbonyl (C=O) groups is 1. The van der Waals surface area contributed by atoms with Crippen LogP contribution in [0.1, 0.15) is 36.2 Å². The van der Waals surface area contributed by atoms with Crippen LogP contribution in [0.25, 0.3) is 0 Å². The molecule has 18 heavy (non-hydrogen) atoms. The molecule has 0 unspecified atom stereocenters. The SMILES string of the molecule is O=C(NCC1(CO)CCCC1)c1ccc(F)cn1. The van der Waals surface area contributed by atoms with Crippen LogP contribution in [0.5, 0.6) is 0 Å². The molecule has 0 radical (unpaired) electrons. The molecule has 0 aliphatic heterocycles. The van der Waals surface area contributed by atoms with Crippen molar-refractivity contribution in [2.45, 2.75) is 25.7 Å². The van der Waals surface area contributed by atoms with Gasteiger partial charge in [0.1, 0.15) is 11.5 Å². The van der Waals surface area contributed by atoms with Gasteiger partial charge in [-0.2, -0.15) is 0 Å². The van der Waals surface area contributed by atoms with E-state index in [-0.39, 0.29) is 23.6 Å². The van der Waals surface area contributed by atoms with Gasteiger partial charge in [0.15, 0.2) is 0 Å². The number of aromatic nitrogens is 1. The van der Waals surface area contributed by atoms with Crippen molar-refractivity contribution in [3.05, 3.63) is 29.8 Å². The number of hydrogen-bond acceptors (Lipinski definition) is 3. The van der Waals surface area contributed by atoms with Crippen molar-refractivity contribution >= 4 is 5.91 Å². The molecule has 0 spiro atoms. The maximum absolute atomic E-state index is 12.7. The van der Waals surface area contributed by atoms with E-state index >= 15 is 0 Å². The van der Waals surface area contributed by atoms with Gasteiger partial charge in [-0.3, -0.25) is 4.79 Å². The van der Waals surface area contributed by atoms with Crippen molar-refractivity contribution in [1.29, 1.82) is 0 Å². The van der Waals surface area contributed by atoms with Crippen LogP contribution in [0.4, 0.5) is 4.39 Å². The quantitative estimate of drug-likeness (QED) is 0.853. The number of nitrogens with zero attached hydrogens (tertiary/aromatic N) is 1. The molecule has 5 heteroatoms. The van der Waals surface area contributed by atoms with Crippen LogP contribution in [0.3, 0.4) is 0 Å². The van der Waals surface area contributed by atoms with Gasteiger partial charge in [0.05, 0.1) is 12.8 Å². The van der Waals surface area contributed by atoms with E-state index in [9.17, 15) is 14.3 Å². The number of pyridine rings is 1. The van der Waals surface area contributed by atoms with Crippen LogP contribution in [0.2, 0.25) is 0 Å². The van der Waals surface area contributed by atoms with Crippen LogP contribution in [-0.2, 0) is 0 Å². The molecule has 2 N–H and O–H groups in total. The van der Waals surface area contributed by atoms with Crippen LogP contribution < -0.4 is 5.32 Å². The molecule has 0 aromatic carbocycles. The molecular formula is C13H17FN2O2. The highest BCUT2D eigenvalue weighted by Gasteiger charge is 2.33. The highest BCUT2D eigenvalue weighted by molar-refractivity contribution is 5.92. The fourth-order valence-electron chi connectivity index (χ4n) is 2.38. The molecule has 98 valence electrons. The number of aliphatic hydroxyl groups is 1. The number of nitrogens with one attached hydrogen (secondary N) is 1. The van der Waals surface area contributed by atoms with Crippen LogP contribution in [0, 0.1) is 11.2 Å². The summed E-state index contributed by atoms with van der Waals surface area (Å²) in [6.45, 7) is 0.533. The summed E-state index contributed by atoms with van der Waals surface area (Å²) in [5, 5.41) is 12.2. The van der Waals surface area contributed by atoms with E-state index in [4.69, 9.17) is 0 Å². The van der Waals surface area contributed by atoms with E-state index in [0.717, 1.165) is 31.9 Å². The Labute approximate surface area is 105 Å². The Morgan fingerprint density at radius 2 is 2.17 bits per heavy atom. The Kier molecular flexibility index (Phi) is 3.91. The van der Waals surface area contributed by atoms with Gasteiger partial charge in [0, 0.05) is 12.0 Å². The summed E-state index contributed by atoms with van der Waals surface area (Å²) >= 11 is 0. The zero-order chi connectivity index (χ0) is 13.0. The van der Waals surface area contributed by atoms with Gasteiger partial charge in [0.2, 0.25) is 0 Å². The van der Waals surface area contributed by atoms with Crippen molar-refractivity contribution < 1.29 is 14.3 Å². The summed E-state index contributed by atoms with van der Waals surface area (Å²) in [6, 6.07) is 2.56. The van der Waals surface area contributed by atoms with Gasteiger partial charge in [-0.25, -0.2) is 9.37 Å². The minimum Gasteiger partial charge on any atom is -0.396 e. The third-order valence-electron chi connectivity index (χ3n) is 3.58. The monoisotopic (exact) mass is 252 g/mol. The Morgan fingerprint density at radius 3 is 2.72 bits per heavy atom. The Balaban J connectivity index is 1.93. The van der Waals surface area contributed by atoms with E-state index in [2.05, 4.69) is 10.3 Å². The van der Waals surface area contributed by atoms with Crippen LogP contribution >= 0.6 is 0 Å². The van der Waals surface area contributed by atoms with Gasteiger partial charge in [0.25, 0.3) is 5.91 Å². The van der Waals surface area contributed by atoms with Crippen molar-refractivity contribution in [2.24, 2.45) is 5.41 Å². The second kappa shape index (κ2) is 5.44. The summed E-state index contributed by atoms with van der Waals surface area (Å²) in [4.78, 5) is 15.5. The van der Waals surface area contributed by atoms with Crippen molar-refractivity contribution in [3.8, 4) is 0 Å². The molecule has 1 aromatic rings. The standard InChI is InChI=1S/C13H17FN2O2/c14-10-3-4-11(15-7-10)12(18)16-8-13(9-17)5-1-2-6-13/h3-4,7,17H,1-2,5-6,8-9H2,(H,16,18). The van der Waals surface area contributed by atoms with Gasteiger partial charge in [-0.05, 0) is 25.0 Å². The Morgan fingerprint density at radius 1 is 1.44 bits per heavy atom. The van der Waals surface area contributed by atoms with E-state index in [0.29, 0.717) is 6.54 Å². The molecule has 1 amide bonds. The van der Waals surface area contributed by atoms with Crippen molar-refractivity contribution in [2.75, 3.05) is 13.2 Å². The lowest BCUT2D eigenvalue weighted by molar-refractivity contribution is 0.0876. The first kappa shape index (κ1) is 13.0. The van der Waals surface area contributed by atoms with Crippen LogP contribution in [-0.4, -0.2) is 29.1 Å². The molecule has 0 atom stereocenters. The number of amides is 1. The second-order valence-corrected chi connectivity index (χ2v) is 4.91. The highest BCUT2D eigenvalue weighted by Crippen LogP contribution is 2.36. The molecule has 4 nitrogen and oxygen atoms in total. The summed E-state index contributed by atoms with van der Waals surface area (Å²) < 4.78 is 12.7. The summed E-state index contributed by atoms with van der Waals surface area (Å²) in [5.41, 5.74) is 0.0119. The number of aliphatic hydroxyl groups excluding tert-OH is 1. The number of carbonyl (C=O) groups excluding carboxylic acids is 1. The number of halogens is 1. The van der Waals surface area contributed by atoms with Gasteiger partial charge in [-0.15, -0.1) is 0 Å². The maximum Gasteiger partial charge on any atom is 0.269 e. The molecule has 1 aromatic heterocycles. The summed E-state index contributed by atoms with van der Waals surface area (Å²) in [7, 11) is 0. The second-order valence-electron chi connectivity index (χ2n) is 4.91. The van der Waals surface area contributed by atoms with E-state index in [1.54, 1.807) is 0 Å². The first-order valence-electron chi connectivity index (χ1n) is 6.16. The van der Waals surface area contributed by atoms with Gasteiger partial charge in [-0.1, -0.05) is 12.8 Å². The third-order valence-corrected chi connectivity index (χ3v) is 3.58. The lowest BCUT2D eigenvalue weighted by Gasteiger charge is -2.26. The number of rotatable bonds is 4. The predicted molar refractivity (Wildman–Crippen MR) is 64.5 cm³/mol. The van der Waals surface area contributed by atoms with Gasteiger partial charge < -0.3 is 10.4 Å². The Hall–Kier alpha value is -1.49. The Bertz CT molecular complexity index is 414. The maximum atomic E-state index is 12.7. The number of hydrogen-bond donors (Lipinski definition) is 2. The fourth-order valence-corrected chi connectivity index (χ4v) is 2.38. The molecule has 1 aliphatic carbocycles. The van der Waals surface area contributed by atoms with E-state index in [1.165, 1.54) is 12.1 Å². The smallest absolute Gasteiger partial charge is 0.269 e. The molecule has 0 saturated heterocycles. The normalized spacial score (nSPS) is 17.7. The average Bonchev–Trinajstić information content (AvgIpc) is 2.86. The molecule has 1 heterocycles. The lowest BCUT2D eigenvalue weighted by Crippen LogP contribution is -2.38. The zero-order valence-electron chi connectivity index (χ0n) is 10.2. The van der Waals surface area contributed by atoms with Crippen LogP contribution in [0.15, 0.2) is 18.3 Å². The third kappa shape index (κ3) is 2.85. The molecular weight excluding hydrogens is 235 g/mol. The lowest BCUT2D eigenvalue weighted by atomic mass is 9.87. The first-order valence-corrected chi connectivity index (χ1v) is 6.16. The first-order chi connectivity index (χ1) is 8.65. The zero-order valence-corrected chi connectivity index (χ0v) is 10.2. The summed E-state index contributed by atoms with van der Waals surface area (Å²) in [6.07, 6.45) is 5.06.